The van der Waals surface area contributed by atoms with Crippen LogP contribution in [0, 0.1) is 0 Å². The van der Waals surface area contributed by atoms with Crippen LogP contribution in [0.1, 0.15) is 50.8 Å². The Balaban J connectivity index is 1.95. The molecule has 9 heteroatoms. The summed E-state index contributed by atoms with van der Waals surface area (Å²) in [6.07, 6.45) is 0. The molecule has 3 rings (SSSR count). The zero-order valence-electron chi connectivity index (χ0n) is 20.8. The number of aliphatic hydroxyl groups is 1. The summed E-state index contributed by atoms with van der Waals surface area (Å²) in [6.45, 7) is 14.9. The van der Waals surface area contributed by atoms with Crippen LogP contribution in [0.5, 0.6) is 0 Å². The Morgan fingerprint density at radius 3 is 2.44 bits per heavy atom. The number of anilines is 1. The third-order valence-corrected chi connectivity index (χ3v) is 11.8. The highest BCUT2D eigenvalue weighted by Gasteiger charge is 2.37. The molecule has 3 aromatic rings. The van der Waals surface area contributed by atoms with Gasteiger partial charge in [0.25, 0.3) is 5.91 Å². The summed E-state index contributed by atoms with van der Waals surface area (Å²) in [5.74, 6) is -0.171. The Labute approximate surface area is 212 Å². The molecule has 0 atom stereocenters. The average molecular weight is 523 g/mol. The summed E-state index contributed by atoms with van der Waals surface area (Å²) >= 11 is 12.8. The molecule has 1 heterocycles. The van der Waals surface area contributed by atoms with E-state index in [-0.39, 0.29) is 23.3 Å². The first-order valence-corrected chi connectivity index (χ1v) is 14.9. The lowest BCUT2D eigenvalue weighted by Gasteiger charge is -2.36. The van der Waals surface area contributed by atoms with Crippen LogP contribution in [-0.4, -0.2) is 42.5 Å². The smallest absolute Gasteiger partial charge is 0.294 e. The van der Waals surface area contributed by atoms with Crippen molar-refractivity contribution in [1.82, 2.24) is 9.97 Å². The summed E-state index contributed by atoms with van der Waals surface area (Å²) in [5.41, 5.74) is 1.49. The molecule has 0 aliphatic rings. The first kappa shape index (κ1) is 26.7. The topological polar surface area (TPSA) is 78.5 Å². The Kier molecular flexibility index (Phi) is 7.56. The largest absolute Gasteiger partial charge is 0.415 e. The van der Waals surface area contributed by atoms with Gasteiger partial charge in [-0.05, 0) is 61.8 Å². The lowest BCUT2D eigenvalue weighted by Crippen LogP contribution is -2.43. The molecule has 6 nitrogen and oxygen atoms in total. The van der Waals surface area contributed by atoms with Gasteiger partial charge in [0, 0.05) is 6.54 Å². The van der Waals surface area contributed by atoms with Crippen LogP contribution in [-0.2, 0) is 10.0 Å². The summed E-state index contributed by atoms with van der Waals surface area (Å²) in [7, 11) is -2.01. The van der Waals surface area contributed by atoms with Crippen molar-refractivity contribution in [3.8, 4) is 0 Å². The number of rotatable bonds is 7. The molecule has 2 aromatic carbocycles. The minimum atomic E-state index is -2.01. The standard InChI is InChI=1S/C25H33Cl2N3O3Si/c1-24(2,3)34(6,7)33-14-13-30(20-10-8-9-17(26)21(20)27)23(31)22-28-18-12-11-16(25(4,5)32)15-19(18)29-22/h8-12,15,32H,13-14H2,1-7H3,(H,28,29). The van der Waals surface area contributed by atoms with Crippen molar-refractivity contribution in [1.29, 1.82) is 0 Å². The monoisotopic (exact) mass is 521 g/mol. The molecule has 0 aliphatic heterocycles. The fourth-order valence-electron chi connectivity index (χ4n) is 3.26. The van der Waals surface area contributed by atoms with E-state index in [4.69, 9.17) is 27.6 Å². The second-order valence-corrected chi connectivity index (χ2v) is 16.1. The van der Waals surface area contributed by atoms with Crippen molar-refractivity contribution in [2.24, 2.45) is 0 Å². The molecule has 0 bridgehead atoms. The second-order valence-electron chi connectivity index (χ2n) is 10.5. The van der Waals surface area contributed by atoms with Gasteiger partial charge < -0.3 is 19.4 Å². The van der Waals surface area contributed by atoms with Crippen LogP contribution < -0.4 is 4.90 Å². The van der Waals surface area contributed by atoms with Gasteiger partial charge in [-0.3, -0.25) is 4.79 Å². The third-order valence-electron chi connectivity index (χ3n) is 6.44. The van der Waals surface area contributed by atoms with Crippen molar-refractivity contribution < 1.29 is 14.3 Å². The third kappa shape index (κ3) is 5.66. The zero-order chi connectivity index (χ0) is 25.5. The number of halogens is 2. The van der Waals surface area contributed by atoms with E-state index in [1.54, 1.807) is 43.0 Å². The average Bonchev–Trinajstić information content (AvgIpc) is 3.15. The number of benzene rings is 2. The van der Waals surface area contributed by atoms with Gasteiger partial charge in [-0.25, -0.2) is 4.98 Å². The second kappa shape index (κ2) is 9.63. The lowest BCUT2D eigenvalue weighted by molar-refractivity contribution is 0.0787. The molecule has 0 saturated heterocycles. The van der Waals surface area contributed by atoms with Crippen molar-refractivity contribution in [3.05, 3.63) is 57.8 Å². The van der Waals surface area contributed by atoms with E-state index in [1.807, 2.05) is 12.1 Å². The number of aromatic amines is 1. The van der Waals surface area contributed by atoms with E-state index in [2.05, 4.69) is 43.8 Å². The minimum Gasteiger partial charge on any atom is -0.415 e. The van der Waals surface area contributed by atoms with Crippen LogP contribution >= 0.6 is 23.2 Å². The van der Waals surface area contributed by atoms with Gasteiger partial charge in [0.2, 0.25) is 0 Å². The first-order valence-electron chi connectivity index (χ1n) is 11.2. The van der Waals surface area contributed by atoms with Gasteiger partial charge in [0.1, 0.15) is 0 Å². The quantitative estimate of drug-likeness (QED) is 0.336. The number of carbonyl (C=O) groups is 1. The Bertz CT molecular complexity index is 1200. The van der Waals surface area contributed by atoms with Crippen LogP contribution in [0.4, 0.5) is 5.69 Å². The molecule has 0 unspecified atom stereocenters. The van der Waals surface area contributed by atoms with E-state index < -0.39 is 13.9 Å². The van der Waals surface area contributed by atoms with E-state index in [1.165, 1.54) is 0 Å². The minimum absolute atomic E-state index is 0.0481. The van der Waals surface area contributed by atoms with Crippen LogP contribution in [0.15, 0.2) is 36.4 Å². The molecule has 0 fully saturated rings. The highest BCUT2D eigenvalue weighted by molar-refractivity contribution is 6.74. The molecule has 2 N–H and O–H groups in total. The summed E-state index contributed by atoms with van der Waals surface area (Å²) < 4.78 is 6.32. The predicted molar refractivity (Wildman–Crippen MR) is 143 cm³/mol. The predicted octanol–water partition coefficient (Wildman–Crippen LogP) is 6.77. The summed E-state index contributed by atoms with van der Waals surface area (Å²) in [4.78, 5) is 22.8. The molecule has 1 amide bonds. The van der Waals surface area contributed by atoms with E-state index in [0.717, 1.165) is 0 Å². The fourth-order valence-corrected chi connectivity index (χ4v) is 4.69. The highest BCUT2D eigenvalue weighted by Crippen LogP contribution is 2.37. The van der Waals surface area contributed by atoms with Crippen LogP contribution in [0.25, 0.3) is 11.0 Å². The van der Waals surface area contributed by atoms with Crippen molar-refractivity contribution >= 4 is 54.1 Å². The van der Waals surface area contributed by atoms with Gasteiger partial charge in [0.05, 0.1) is 39.0 Å². The number of hydrogen-bond acceptors (Lipinski definition) is 4. The van der Waals surface area contributed by atoms with Crippen molar-refractivity contribution in [3.63, 3.8) is 0 Å². The number of hydrogen-bond donors (Lipinski definition) is 2. The molecule has 0 saturated carbocycles. The van der Waals surface area contributed by atoms with Crippen LogP contribution in [0.2, 0.25) is 28.2 Å². The molecule has 34 heavy (non-hydrogen) atoms. The number of nitrogens with one attached hydrogen (secondary N) is 1. The van der Waals surface area contributed by atoms with Crippen molar-refractivity contribution in [2.75, 3.05) is 18.1 Å². The normalized spacial score (nSPS) is 12.9. The van der Waals surface area contributed by atoms with Gasteiger partial charge in [-0.1, -0.05) is 56.1 Å². The summed E-state index contributed by atoms with van der Waals surface area (Å²) in [5, 5.41) is 11.0. The van der Waals surface area contributed by atoms with Gasteiger partial charge in [0.15, 0.2) is 14.1 Å². The molecule has 0 radical (unpaired) electrons. The van der Waals surface area contributed by atoms with Crippen molar-refractivity contribution in [2.45, 2.75) is 58.4 Å². The maximum Gasteiger partial charge on any atom is 0.294 e. The molecular formula is C25H33Cl2N3O3Si. The highest BCUT2D eigenvalue weighted by atomic mass is 35.5. The molecule has 1 aromatic heterocycles. The lowest BCUT2D eigenvalue weighted by atomic mass is 9.98. The number of fused-ring (bicyclic) bond motifs is 1. The van der Waals surface area contributed by atoms with E-state index >= 15 is 0 Å². The fraction of sp³-hybridized carbons (Fsp3) is 0.440. The van der Waals surface area contributed by atoms with Gasteiger partial charge in [-0.15, -0.1) is 0 Å². The zero-order valence-corrected chi connectivity index (χ0v) is 23.3. The van der Waals surface area contributed by atoms with E-state index in [9.17, 15) is 9.90 Å². The number of amides is 1. The molecule has 184 valence electrons. The molecule has 0 spiro atoms. The maximum absolute atomic E-state index is 13.6. The number of H-pyrrole nitrogens is 1. The maximum atomic E-state index is 13.6. The number of carbonyl (C=O) groups excluding carboxylic acids is 1. The van der Waals surface area contributed by atoms with Gasteiger partial charge in [-0.2, -0.15) is 0 Å². The number of imidazole rings is 1. The first-order chi connectivity index (χ1) is 15.6. The number of aromatic nitrogens is 2. The Morgan fingerprint density at radius 1 is 1.15 bits per heavy atom. The van der Waals surface area contributed by atoms with E-state index in [0.29, 0.717) is 38.9 Å². The van der Waals surface area contributed by atoms with Crippen LogP contribution in [0.3, 0.4) is 0 Å². The SMILES string of the molecule is CC(C)(O)c1ccc2[nH]c(C(=O)N(CCO[Si](C)(C)C(C)(C)C)c3cccc(Cl)c3Cl)nc2c1. The van der Waals surface area contributed by atoms with Gasteiger partial charge >= 0.3 is 0 Å². The number of nitrogens with zero attached hydrogens (tertiary/aromatic N) is 2. The summed E-state index contributed by atoms with van der Waals surface area (Å²) in [6, 6.07) is 10.6. The molecular weight excluding hydrogens is 489 g/mol. The Morgan fingerprint density at radius 2 is 1.82 bits per heavy atom. The Hall–Kier alpha value is -1.90. The molecule has 0 aliphatic carbocycles.